The van der Waals surface area contributed by atoms with E-state index in [2.05, 4.69) is 5.32 Å². The average Bonchev–Trinajstić information content (AvgIpc) is 2.83. The van der Waals surface area contributed by atoms with Gasteiger partial charge in [-0.2, -0.15) is 0 Å². The molecule has 3 aliphatic rings. The molecule has 16 heteroatoms. The molecule has 0 aromatic carbocycles. The van der Waals surface area contributed by atoms with Gasteiger partial charge in [0.15, 0.2) is 18.9 Å². The van der Waals surface area contributed by atoms with Crippen LogP contribution in [0, 0.1) is 0 Å². The zero-order valence-electron chi connectivity index (χ0n) is 19.5. The van der Waals surface area contributed by atoms with Gasteiger partial charge in [0.05, 0.1) is 19.3 Å². The zero-order chi connectivity index (χ0) is 26.9. The topological polar surface area (TPSA) is 257 Å². The Morgan fingerprint density at radius 1 is 0.722 bits per heavy atom. The van der Waals surface area contributed by atoms with E-state index in [0.717, 1.165) is 6.92 Å². The number of hydrogen-bond acceptors (Lipinski definition) is 15. The first kappa shape index (κ1) is 29.5. The molecular formula is C20H35NO15. The second-order valence-electron chi connectivity index (χ2n) is 9.05. The van der Waals surface area contributed by atoms with Crippen molar-refractivity contribution in [2.75, 3.05) is 13.2 Å². The maximum absolute atomic E-state index is 11.6. The van der Waals surface area contributed by atoms with E-state index in [9.17, 15) is 50.8 Å². The lowest BCUT2D eigenvalue weighted by Crippen LogP contribution is -2.68. The van der Waals surface area contributed by atoms with Gasteiger partial charge in [0, 0.05) is 6.92 Å². The molecule has 210 valence electrons. The minimum absolute atomic E-state index is 0.626. The van der Waals surface area contributed by atoms with E-state index in [1.54, 1.807) is 0 Å². The third-order valence-corrected chi connectivity index (χ3v) is 6.46. The molecule has 10 N–H and O–H groups in total. The molecule has 0 aromatic heterocycles. The molecule has 1 amide bonds. The van der Waals surface area contributed by atoms with Crippen molar-refractivity contribution in [2.24, 2.45) is 0 Å². The Bertz CT molecular complexity index is 731. The van der Waals surface area contributed by atoms with Crippen LogP contribution < -0.4 is 5.32 Å². The summed E-state index contributed by atoms with van der Waals surface area (Å²) in [5.41, 5.74) is 0. The van der Waals surface area contributed by atoms with Gasteiger partial charge in [-0.25, -0.2) is 0 Å². The highest BCUT2D eigenvalue weighted by Crippen LogP contribution is 2.32. The third kappa shape index (κ3) is 5.97. The van der Waals surface area contributed by atoms with E-state index in [4.69, 9.17) is 23.7 Å². The van der Waals surface area contributed by atoms with Crippen molar-refractivity contribution in [3.8, 4) is 0 Å². The van der Waals surface area contributed by atoms with Gasteiger partial charge in [-0.15, -0.1) is 0 Å². The number of amides is 1. The molecule has 3 fully saturated rings. The normalized spacial score (nSPS) is 50.0. The molecule has 0 aliphatic carbocycles. The van der Waals surface area contributed by atoms with E-state index < -0.39 is 111 Å². The lowest BCUT2D eigenvalue weighted by Gasteiger charge is -2.48. The van der Waals surface area contributed by atoms with Crippen LogP contribution in [-0.2, 0) is 28.5 Å². The molecule has 16 nitrogen and oxygen atoms in total. The molecule has 0 unspecified atom stereocenters. The van der Waals surface area contributed by atoms with Crippen molar-refractivity contribution in [2.45, 2.75) is 106 Å². The van der Waals surface area contributed by atoms with Crippen molar-refractivity contribution >= 4 is 5.91 Å². The lowest BCUT2D eigenvalue weighted by atomic mass is 9.95. The highest BCUT2D eigenvalue weighted by molar-refractivity contribution is 5.73. The van der Waals surface area contributed by atoms with Crippen molar-refractivity contribution in [1.29, 1.82) is 0 Å². The van der Waals surface area contributed by atoms with Gasteiger partial charge >= 0.3 is 0 Å². The van der Waals surface area contributed by atoms with Crippen molar-refractivity contribution in [1.82, 2.24) is 5.32 Å². The second-order valence-corrected chi connectivity index (χ2v) is 9.05. The summed E-state index contributed by atoms with van der Waals surface area (Å²) in [6.45, 7) is 1.01. The van der Waals surface area contributed by atoms with Crippen molar-refractivity contribution in [3.63, 3.8) is 0 Å². The summed E-state index contributed by atoms with van der Waals surface area (Å²) < 4.78 is 27.1. The number of nitrogens with one attached hydrogen (secondary N) is 1. The fourth-order valence-electron chi connectivity index (χ4n) is 4.40. The van der Waals surface area contributed by atoms with Gasteiger partial charge in [0.1, 0.15) is 67.1 Å². The molecular weight excluding hydrogens is 494 g/mol. The average molecular weight is 529 g/mol. The maximum atomic E-state index is 11.6. The van der Waals surface area contributed by atoms with Crippen LogP contribution in [0.2, 0.25) is 0 Å². The van der Waals surface area contributed by atoms with Crippen LogP contribution in [-0.4, -0.2) is 157 Å². The molecule has 3 rings (SSSR count). The Kier molecular flexibility index (Phi) is 9.97. The quantitative estimate of drug-likeness (QED) is 0.147. The summed E-state index contributed by atoms with van der Waals surface area (Å²) in [6.07, 6.45) is -22.1. The second kappa shape index (κ2) is 12.2. The number of aliphatic hydroxyl groups excluding tert-OH is 9. The molecule has 3 heterocycles. The first-order valence-electron chi connectivity index (χ1n) is 11.4. The third-order valence-electron chi connectivity index (χ3n) is 6.46. The largest absolute Gasteiger partial charge is 0.394 e. The van der Waals surface area contributed by atoms with Crippen LogP contribution in [0.5, 0.6) is 0 Å². The van der Waals surface area contributed by atoms with E-state index in [1.165, 1.54) is 6.92 Å². The van der Waals surface area contributed by atoms with Gasteiger partial charge < -0.3 is 75.0 Å². The van der Waals surface area contributed by atoms with E-state index in [0.29, 0.717) is 0 Å². The minimum atomic E-state index is -1.87. The Morgan fingerprint density at radius 3 is 1.83 bits per heavy atom. The standard InChI is InChI=1S/C20H35NO15/c1-5-10(25)13(28)14(29)19(32-5)36-17-12(27)8(4-23)34-20(15(17)30)35-16-9(21-6(2)24)18(31)33-7(3-22)11(16)26/h5,7-20,22-23,25-31H,3-4H2,1-2H3,(H,21,24)/t5-,7-,8-,9-,10+,11+,12+,13+,14-,15-,16-,17+,18+,19-,20+/m1/s1. The highest BCUT2D eigenvalue weighted by Gasteiger charge is 2.53. The smallest absolute Gasteiger partial charge is 0.217 e. The molecule has 15 atom stereocenters. The van der Waals surface area contributed by atoms with Crippen molar-refractivity contribution in [3.05, 3.63) is 0 Å². The van der Waals surface area contributed by atoms with Crippen LogP contribution in [0.4, 0.5) is 0 Å². The first-order chi connectivity index (χ1) is 16.9. The minimum Gasteiger partial charge on any atom is -0.394 e. The lowest BCUT2D eigenvalue weighted by molar-refractivity contribution is -0.371. The molecule has 0 saturated carbocycles. The summed E-state index contributed by atoms with van der Waals surface area (Å²) in [5, 5.41) is 94.0. The van der Waals surface area contributed by atoms with Gasteiger partial charge in [0.2, 0.25) is 5.91 Å². The number of carbonyl (C=O) groups is 1. The molecule has 3 saturated heterocycles. The van der Waals surface area contributed by atoms with Crippen LogP contribution >= 0.6 is 0 Å². The summed E-state index contributed by atoms with van der Waals surface area (Å²) >= 11 is 0. The van der Waals surface area contributed by atoms with E-state index >= 15 is 0 Å². The number of carbonyl (C=O) groups excluding carboxylic acids is 1. The maximum Gasteiger partial charge on any atom is 0.217 e. The first-order valence-corrected chi connectivity index (χ1v) is 11.4. The molecule has 0 aromatic rings. The Morgan fingerprint density at radius 2 is 1.25 bits per heavy atom. The predicted molar refractivity (Wildman–Crippen MR) is 111 cm³/mol. The van der Waals surface area contributed by atoms with E-state index in [-0.39, 0.29) is 0 Å². The molecule has 0 radical (unpaired) electrons. The fraction of sp³-hybridized carbons (Fsp3) is 0.950. The Hall–Kier alpha value is -1.09. The van der Waals surface area contributed by atoms with Crippen LogP contribution in [0.15, 0.2) is 0 Å². The Balaban J connectivity index is 1.82. The number of hydrogen-bond donors (Lipinski definition) is 10. The van der Waals surface area contributed by atoms with Gasteiger partial charge in [-0.1, -0.05) is 0 Å². The van der Waals surface area contributed by atoms with Gasteiger partial charge in [0.25, 0.3) is 0 Å². The monoisotopic (exact) mass is 529 g/mol. The van der Waals surface area contributed by atoms with Gasteiger partial charge in [-0.05, 0) is 6.92 Å². The van der Waals surface area contributed by atoms with Crippen molar-refractivity contribution < 1.29 is 74.4 Å². The molecule has 0 spiro atoms. The Labute approximate surface area is 205 Å². The van der Waals surface area contributed by atoms with Crippen LogP contribution in [0.25, 0.3) is 0 Å². The molecule has 0 bridgehead atoms. The van der Waals surface area contributed by atoms with Crippen LogP contribution in [0.1, 0.15) is 13.8 Å². The van der Waals surface area contributed by atoms with E-state index in [1.807, 2.05) is 0 Å². The van der Waals surface area contributed by atoms with Gasteiger partial charge in [-0.3, -0.25) is 4.79 Å². The van der Waals surface area contributed by atoms with Crippen LogP contribution in [0.3, 0.4) is 0 Å². The summed E-state index contributed by atoms with van der Waals surface area (Å²) in [6, 6.07) is -1.38. The highest BCUT2D eigenvalue weighted by atomic mass is 16.7. The molecule has 3 aliphatic heterocycles. The number of ether oxygens (including phenoxy) is 5. The predicted octanol–water partition coefficient (Wildman–Crippen LogP) is -6.40. The number of rotatable bonds is 7. The fourth-order valence-corrected chi connectivity index (χ4v) is 4.40. The summed E-state index contributed by atoms with van der Waals surface area (Å²) in [4.78, 5) is 11.6. The summed E-state index contributed by atoms with van der Waals surface area (Å²) in [7, 11) is 0. The zero-order valence-corrected chi connectivity index (χ0v) is 19.5. The molecule has 36 heavy (non-hydrogen) atoms. The SMILES string of the molecule is CC(=O)N[C@@H]1[C@@H](O[C@@H]2O[C@H](CO)[C@H](O)[C@H](O[C@H]3O[C@H](C)[C@H](O)[C@H](O)[C@H]3O)[C@H]2O)[C@@H](O)[C@@H](CO)O[C@@H]1O. The number of aliphatic hydroxyl groups is 9. The summed E-state index contributed by atoms with van der Waals surface area (Å²) in [5.74, 6) is -0.626.